The van der Waals surface area contributed by atoms with Crippen LogP contribution in [0.25, 0.3) is 21.5 Å². The summed E-state index contributed by atoms with van der Waals surface area (Å²) in [4.78, 5) is 18.5. The van der Waals surface area contributed by atoms with Crippen molar-refractivity contribution in [1.82, 2.24) is 0 Å². The summed E-state index contributed by atoms with van der Waals surface area (Å²) < 4.78 is 0. The van der Waals surface area contributed by atoms with E-state index < -0.39 is 0 Å². The van der Waals surface area contributed by atoms with Gasteiger partial charge in [-0.25, -0.2) is 0 Å². The number of phenolic OH excluding ortho intramolecular Hbond substituents is 2. The standard InChI is InChI=1S/C14H10O2.C4H6O.C3H4O/c15-11-3-5-13-9(7-11)1-2-10-8-12(16)4-6-14(10)13;1-4(2)3-5;1-2-3-4/h1-8,15-16H;3H,1H2,2H3;2-3H,1H2. The molecule has 3 aromatic rings. The summed E-state index contributed by atoms with van der Waals surface area (Å²) in [5.74, 6) is 0.538. The molecule has 0 saturated heterocycles. The van der Waals surface area contributed by atoms with Gasteiger partial charge in [-0.05, 0) is 64.4 Å². The number of fused-ring (bicyclic) bond motifs is 3. The number of phenols is 2. The minimum Gasteiger partial charge on any atom is -0.508 e. The topological polar surface area (TPSA) is 74.6 Å². The minimum absolute atomic E-state index is 0.269. The van der Waals surface area contributed by atoms with Crippen LogP contribution in [0.15, 0.2) is 73.3 Å². The highest BCUT2D eigenvalue weighted by atomic mass is 16.3. The molecule has 4 heteroatoms. The molecule has 25 heavy (non-hydrogen) atoms. The molecule has 0 bridgehead atoms. The zero-order valence-corrected chi connectivity index (χ0v) is 14.0. The molecule has 0 atom stereocenters. The lowest BCUT2D eigenvalue weighted by Gasteiger charge is -2.04. The third kappa shape index (κ3) is 5.95. The van der Waals surface area contributed by atoms with E-state index in [4.69, 9.17) is 4.79 Å². The van der Waals surface area contributed by atoms with Gasteiger partial charge in [0, 0.05) is 0 Å². The second-order valence-corrected chi connectivity index (χ2v) is 5.21. The third-order valence-corrected chi connectivity index (χ3v) is 3.10. The molecule has 3 rings (SSSR count). The molecule has 2 N–H and O–H groups in total. The Balaban J connectivity index is 0.000000293. The van der Waals surface area contributed by atoms with Crippen LogP contribution in [-0.4, -0.2) is 22.8 Å². The van der Waals surface area contributed by atoms with E-state index >= 15 is 0 Å². The van der Waals surface area contributed by atoms with Crippen molar-refractivity contribution in [3.8, 4) is 11.5 Å². The van der Waals surface area contributed by atoms with Gasteiger partial charge in [0.2, 0.25) is 0 Å². The predicted octanol–water partition coefficient (Wildman–Crippen LogP) is 4.54. The van der Waals surface area contributed by atoms with Crippen molar-refractivity contribution < 1.29 is 19.8 Å². The van der Waals surface area contributed by atoms with Gasteiger partial charge in [-0.3, -0.25) is 9.59 Å². The fourth-order valence-corrected chi connectivity index (χ4v) is 2.05. The highest BCUT2D eigenvalue weighted by molar-refractivity contribution is 6.08. The Morgan fingerprint density at radius 2 is 1.24 bits per heavy atom. The number of hydrogen-bond donors (Lipinski definition) is 2. The normalized spacial score (nSPS) is 9.16. The lowest BCUT2D eigenvalue weighted by molar-refractivity contribution is -0.105. The average Bonchev–Trinajstić information content (AvgIpc) is 2.61. The maximum atomic E-state index is 9.41. The summed E-state index contributed by atoms with van der Waals surface area (Å²) in [6.45, 7) is 8.08. The highest BCUT2D eigenvalue weighted by Crippen LogP contribution is 2.29. The first-order chi connectivity index (χ1) is 11.9. The molecule has 0 aliphatic rings. The van der Waals surface area contributed by atoms with Crippen LogP contribution in [0, 0.1) is 0 Å². The van der Waals surface area contributed by atoms with Crippen LogP contribution in [0.3, 0.4) is 0 Å². The fraction of sp³-hybridized carbons (Fsp3) is 0.0476. The number of rotatable bonds is 2. The summed E-state index contributed by atoms with van der Waals surface area (Å²) in [5.41, 5.74) is 0.574. The Kier molecular flexibility index (Phi) is 7.60. The van der Waals surface area contributed by atoms with Crippen LogP contribution in [0.2, 0.25) is 0 Å². The van der Waals surface area contributed by atoms with E-state index in [2.05, 4.69) is 13.2 Å². The molecule has 0 heterocycles. The summed E-state index contributed by atoms with van der Waals surface area (Å²) in [5, 5.41) is 23.0. The smallest absolute Gasteiger partial charge is 0.145 e. The van der Waals surface area contributed by atoms with Crippen LogP contribution in [0.4, 0.5) is 0 Å². The van der Waals surface area contributed by atoms with E-state index in [-0.39, 0.29) is 11.5 Å². The van der Waals surface area contributed by atoms with Gasteiger partial charge in [0.05, 0.1) is 0 Å². The molecule has 4 nitrogen and oxygen atoms in total. The summed E-state index contributed by atoms with van der Waals surface area (Å²) in [7, 11) is 0. The average molecular weight is 336 g/mol. The quantitative estimate of drug-likeness (QED) is 0.409. The van der Waals surface area contributed by atoms with Gasteiger partial charge in [0.1, 0.15) is 24.1 Å². The second-order valence-electron chi connectivity index (χ2n) is 5.21. The van der Waals surface area contributed by atoms with E-state index in [1.165, 1.54) is 6.08 Å². The molecule has 3 aromatic carbocycles. The Bertz CT molecular complexity index is 844. The van der Waals surface area contributed by atoms with Crippen LogP contribution < -0.4 is 0 Å². The van der Waals surface area contributed by atoms with E-state index in [0.717, 1.165) is 27.8 Å². The predicted molar refractivity (Wildman–Crippen MR) is 102 cm³/mol. The molecule has 0 radical (unpaired) electrons. The van der Waals surface area contributed by atoms with Crippen molar-refractivity contribution in [3.63, 3.8) is 0 Å². The van der Waals surface area contributed by atoms with Crippen LogP contribution in [0.5, 0.6) is 11.5 Å². The molecule has 0 aromatic heterocycles. The van der Waals surface area contributed by atoms with Crippen molar-refractivity contribution >= 4 is 34.1 Å². The molecule has 0 spiro atoms. The van der Waals surface area contributed by atoms with E-state index in [1.54, 1.807) is 31.2 Å². The molecule has 0 aliphatic carbocycles. The van der Waals surface area contributed by atoms with E-state index in [9.17, 15) is 15.0 Å². The number of benzene rings is 3. The van der Waals surface area contributed by atoms with Crippen LogP contribution >= 0.6 is 0 Å². The maximum absolute atomic E-state index is 9.41. The second kappa shape index (κ2) is 9.67. The zero-order chi connectivity index (χ0) is 18.8. The maximum Gasteiger partial charge on any atom is 0.145 e. The Labute approximate surface area is 146 Å². The SMILES string of the molecule is C=C(C)C=O.C=CC=O.Oc1ccc2c(ccc3cc(O)ccc32)c1. The zero-order valence-electron chi connectivity index (χ0n) is 14.0. The largest absolute Gasteiger partial charge is 0.508 e. The number of aldehydes is 2. The number of aromatic hydroxyl groups is 2. The molecule has 0 amide bonds. The first-order valence-electron chi connectivity index (χ1n) is 7.44. The third-order valence-electron chi connectivity index (χ3n) is 3.10. The highest BCUT2D eigenvalue weighted by Gasteiger charge is 2.01. The lowest BCUT2D eigenvalue weighted by Crippen LogP contribution is -1.77. The summed E-state index contributed by atoms with van der Waals surface area (Å²) >= 11 is 0. The van der Waals surface area contributed by atoms with Gasteiger partial charge in [-0.2, -0.15) is 0 Å². The van der Waals surface area contributed by atoms with Gasteiger partial charge < -0.3 is 10.2 Å². The first kappa shape index (κ1) is 19.6. The van der Waals surface area contributed by atoms with Crippen molar-refractivity contribution in [3.05, 3.63) is 73.3 Å². The van der Waals surface area contributed by atoms with Crippen LogP contribution in [-0.2, 0) is 9.59 Å². The Hall–Kier alpha value is -3.40. The van der Waals surface area contributed by atoms with Gasteiger partial charge in [-0.15, -0.1) is 0 Å². The molecule has 128 valence electrons. The Morgan fingerprint density at radius 3 is 1.52 bits per heavy atom. The summed E-state index contributed by atoms with van der Waals surface area (Å²) in [6, 6.07) is 14.5. The molecule has 0 saturated carbocycles. The van der Waals surface area contributed by atoms with Gasteiger partial charge in [0.15, 0.2) is 0 Å². The van der Waals surface area contributed by atoms with Crippen molar-refractivity contribution in [1.29, 1.82) is 0 Å². The van der Waals surface area contributed by atoms with Crippen LogP contribution in [0.1, 0.15) is 6.92 Å². The van der Waals surface area contributed by atoms with E-state index in [1.807, 2.05) is 24.3 Å². The van der Waals surface area contributed by atoms with Crippen molar-refractivity contribution in [2.45, 2.75) is 6.92 Å². The number of carbonyl (C=O) groups is 2. The van der Waals surface area contributed by atoms with Gasteiger partial charge in [-0.1, -0.05) is 37.4 Å². The number of allylic oxidation sites excluding steroid dienone is 2. The van der Waals surface area contributed by atoms with Crippen molar-refractivity contribution in [2.75, 3.05) is 0 Å². The van der Waals surface area contributed by atoms with Gasteiger partial charge in [0.25, 0.3) is 0 Å². The first-order valence-corrected chi connectivity index (χ1v) is 7.44. The fourth-order valence-electron chi connectivity index (χ4n) is 2.05. The Morgan fingerprint density at radius 1 is 0.880 bits per heavy atom. The molecule has 0 unspecified atom stereocenters. The number of carbonyl (C=O) groups excluding carboxylic acids is 2. The molecular weight excluding hydrogens is 316 g/mol. The summed E-state index contributed by atoms with van der Waals surface area (Å²) in [6.07, 6.45) is 2.56. The monoisotopic (exact) mass is 336 g/mol. The molecular formula is C21H20O4. The number of hydrogen-bond acceptors (Lipinski definition) is 4. The van der Waals surface area contributed by atoms with E-state index in [0.29, 0.717) is 11.9 Å². The van der Waals surface area contributed by atoms with Gasteiger partial charge >= 0.3 is 0 Å². The lowest BCUT2D eigenvalue weighted by atomic mass is 10.0. The molecule has 0 aliphatic heterocycles. The molecule has 0 fully saturated rings. The van der Waals surface area contributed by atoms with Crippen molar-refractivity contribution in [2.24, 2.45) is 0 Å². The minimum atomic E-state index is 0.269.